The molecule has 0 aromatic heterocycles. The van der Waals surface area contributed by atoms with E-state index in [0.29, 0.717) is 5.01 Å². The smallest absolute Gasteiger partial charge is 0.282 e. The van der Waals surface area contributed by atoms with Gasteiger partial charge in [-0.05, 0) is 18.2 Å². The highest BCUT2D eigenvalue weighted by molar-refractivity contribution is 6.45. The first kappa shape index (κ1) is 20.0. The van der Waals surface area contributed by atoms with Crippen LogP contribution in [0, 0.1) is 16.7 Å². The fourth-order valence-electron chi connectivity index (χ4n) is 1.91. The second-order valence-electron chi connectivity index (χ2n) is 4.77. The molecular formula is C16H9Cl4N5O. The van der Waals surface area contributed by atoms with Gasteiger partial charge in [-0.2, -0.15) is 15.4 Å². The van der Waals surface area contributed by atoms with Gasteiger partial charge in [0.25, 0.3) is 5.91 Å². The number of amides is 1. The maximum absolute atomic E-state index is 12.7. The van der Waals surface area contributed by atoms with E-state index in [2.05, 4.69) is 5.10 Å². The Morgan fingerprint density at radius 3 is 2.04 bits per heavy atom. The van der Waals surface area contributed by atoms with Crippen LogP contribution in [0.1, 0.15) is 15.9 Å². The second kappa shape index (κ2) is 8.39. The molecule has 0 unspecified atom stereocenters. The molecule has 132 valence electrons. The normalized spacial score (nSPS) is 11.0. The van der Waals surface area contributed by atoms with E-state index in [0.717, 1.165) is 0 Å². The summed E-state index contributed by atoms with van der Waals surface area (Å²) in [4.78, 5) is 12.7. The molecule has 26 heavy (non-hydrogen) atoms. The van der Waals surface area contributed by atoms with E-state index in [1.165, 1.54) is 30.3 Å². The molecule has 2 rings (SSSR count). The molecule has 0 saturated carbocycles. The number of nitrogens with zero attached hydrogens (tertiary/aromatic N) is 3. The monoisotopic (exact) mass is 427 g/mol. The number of nitriles is 1. The van der Waals surface area contributed by atoms with Gasteiger partial charge in [-0.15, -0.1) is 0 Å². The second-order valence-corrected chi connectivity index (χ2v) is 6.34. The van der Waals surface area contributed by atoms with E-state index in [-0.39, 0.29) is 36.9 Å². The van der Waals surface area contributed by atoms with Gasteiger partial charge < -0.3 is 5.73 Å². The van der Waals surface area contributed by atoms with Crippen LogP contribution in [0.2, 0.25) is 20.1 Å². The highest BCUT2D eigenvalue weighted by Gasteiger charge is 2.23. The number of guanidine groups is 1. The first-order valence-electron chi connectivity index (χ1n) is 6.83. The molecule has 2 aromatic rings. The summed E-state index contributed by atoms with van der Waals surface area (Å²) >= 11 is 23.9. The number of hydrogen-bond acceptors (Lipinski definition) is 4. The van der Waals surface area contributed by atoms with Crippen LogP contribution in [-0.2, 0) is 0 Å². The van der Waals surface area contributed by atoms with Crippen LogP contribution in [0.25, 0.3) is 0 Å². The zero-order chi connectivity index (χ0) is 19.4. The summed E-state index contributed by atoms with van der Waals surface area (Å²) in [5, 5.41) is 21.8. The van der Waals surface area contributed by atoms with Crippen molar-refractivity contribution in [3.63, 3.8) is 0 Å². The van der Waals surface area contributed by atoms with Gasteiger partial charge in [0.15, 0.2) is 5.71 Å². The van der Waals surface area contributed by atoms with Crippen LogP contribution in [0.3, 0.4) is 0 Å². The van der Waals surface area contributed by atoms with Crippen molar-refractivity contribution >= 4 is 64.0 Å². The number of nitrogens with two attached hydrogens (primary N) is 1. The van der Waals surface area contributed by atoms with Crippen molar-refractivity contribution in [1.29, 1.82) is 10.7 Å². The Labute approximate surface area is 168 Å². The average Bonchev–Trinajstić information content (AvgIpc) is 2.60. The Hall–Kier alpha value is -2.30. The predicted octanol–water partition coefficient (Wildman–Crippen LogP) is 4.56. The van der Waals surface area contributed by atoms with E-state index in [9.17, 15) is 10.1 Å². The van der Waals surface area contributed by atoms with Crippen LogP contribution in [0.5, 0.6) is 0 Å². The lowest BCUT2D eigenvalue weighted by Crippen LogP contribution is -2.38. The fourth-order valence-corrected chi connectivity index (χ4v) is 2.69. The number of rotatable bonds is 3. The minimum Gasteiger partial charge on any atom is -0.368 e. The van der Waals surface area contributed by atoms with Crippen LogP contribution in [0.4, 0.5) is 0 Å². The Bertz CT molecular complexity index is 968. The molecule has 3 N–H and O–H groups in total. The highest BCUT2D eigenvalue weighted by atomic mass is 35.5. The number of hydrogen-bond donors (Lipinski definition) is 2. The summed E-state index contributed by atoms with van der Waals surface area (Å²) in [7, 11) is 0. The summed E-state index contributed by atoms with van der Waals surface area (Å²) in [6.45, 7) is 0. The average molecular weight is 429 g/mol. The molecule has 0 aliphatic heterocycles. The van der Waals surface area contributed by atoms with Crippen molar-refractivity contribution in [3.8, 4) is 6.07 Å². The lowest BCUT2D eigenvalue weighted by molar-refractivity contribution is 0.0848. The lowest BCUT2D eigenvalue weighted by Gasteiger charge is -2.16. The molecule has 2 aromatic carbocycles. The van der Waals surface area contributed by atoms with Crippen molar-refractivity contribution in [1.82, 2.24) is 5.01 Å². The molecule has 6 nitrogen and oxygen atoms in total. The standard InChI is InChI=1S/C16H9Cl4N5O/c17-10-5-1-3-8(13(10)19)12(7-21)24-25(16(22)23)15(26)9-4-2-6-11(18)14(9)20/h1-6H,(H3,22,23)/b24-12+. The first-order chi connectivity index (χ1) is 12.3. The first-order valence-corrected chi connectivity index (χ1v) is 8.34. The summed E-state index contributed by atoms with van der Waals surface area (Å²) in [6, 6.07) is 10.8. The zero-order valence-electron chi connectivity index (χ0n) is 12.8. The molecule has 0 spiro atoms. The lowest BCUT2D eigenvalue weighted by atomic mass is 10.1. The Morgan fingerprint density at radius 2 is 1.54 bits per heavy atom. The van der Waals surface area contributed by atoms with Gasteiger partial charge in [-0.25, -0.2) is 0 Å². The van der Waals surface area contributed by atoms with Crippen LogP contribution < -0.4 is 5.73 Å². The van der Waals surface area contributed by atoms with Gasteiger partial charge in [-0.1, -0.05) is 64.6 Å². The Balaban J connectivity index is 2.56. The minimum absolute atomic E-state index is 0.0279. The molecule has 1 amide bonds. The summed E-state index contributed by atoms with van der Waals surface area (Å²) < 4.78 is 0. The molecule has 0 radical (unpaired) electrons. The maximum atomic E-state index is 12.7. The van der Waals surface area contributed by atoms with E-state index < -0.39 is 11.9 Å². The molecule has 0 aliphatic carbocycles. The van der Waals surface area contributed by atoms with E-state index >= 15 is 0 Å². The molecule has 10 heteroatoms. The van der Waals surface area contributed by atoms with Crippen molar-refractivity contribution in [2.75, 3.05) is 0 Å². The van der Waals surface area contributed by atoms with Gasteiger partial charge in [-0.3, -0.25) is 10.2 Å². The Morgan fingerprint density at radius 1 is 1.04 bits per heavy atom. The van der Waals surface area contributed by atoms with Gasteiger partial charge in [0.05, 0.1) is 25.7 Å². The van der Waals surface area contributed by atoms with Crippen LogP contribution in [0.15, 0.2) is 41.5 Å². The van der Waals surface area contributed by atoms with Crippen LogP contribution >= 0.6 is 46.4 Å². The zero-order valence-corrected chi connectivity index (χ0v) is 15.8. The van der Waals surface area contributed by atoms with Crippen molar-refractivity contribution in [2.45, 2.75) is 0 Å². The van der Waals surface area contributed by atoms with E-state index in [1.54, 1.807) is 12.1 Å². The maximum Gasteiger partial charge on any atom is 0.282 e. The van der Waals surface area contributed by atoms with Crippen molar-refractivity contribution in [2.24, 2.45) is 10.8 Å². The number of benzene rings is 2. The largest absolute Gasteiger partial charge is 0.368 e. The highest BCUT2D eigenvalue weighted by Crippen LogP contribution is 2.28. The molecule has 0 aliphatic rings. The predicted molar refractivity (Wildman–Crippen MR) is 103 cm³/mol. The molecule has 0 bridgehead atoms. The number of nitrogens with one attached hydrogen (secondary N) is 1. The number of halogens is 4. The van der Waals surface area contributed by atoms with Gasteiger partial charge in [0, 0.05) is 5.56 Å². The molecular weight excluding hydrogens is 420 g/mol. The molecule has 0 heterocycles. The van der Waals surface area contributed by atoms with Gasteiger partial charge in [0.2, 0.25) is 5.96 Å². The number of carbonyl (C=O) groups is 1. The number of hydrazone groups is 1. The topological polar surface area (TPSA) is 106 Å². The third-order valence-electron chi connectivity index (χ3n) is 3.12. The summed E-state index contributed by atoms with van der Waals surface area (Å²) in [5.74, 6) is -1.56. The van der Waals surface area contributed by atoms with E-state index in [4.69, 9.17) is 57.5 Å². The van der Waals surface area contributed by atoms with Gasteiger partial charge in [0.1, 0.15) is 6.07 Å². The minimum atomic E-state index is -0.837. The molecule has 0 fully saturated rings. The fraction of sp³-hybridized carbons (Fsp3) is 0. The Kier molecular flexibility index (Phi) is 6.46. The molecule has 0 saturated heterocycles. The number of carbonyl (C=O) groups excluding carboxylic acids is 1. The third kappa shape index (κ3) is 4.09. The summed E-state index contributed by atoms with van der Waals surface area (Å²) in [6.07, 6.45) is 0. The SMILES string of the molecule is N#C/C(=N\N(C(=N)N)C(=O)c1cccc(Cl)c1Cl)c1cccc(Cl)c1Cl. The quantitative estimate of drug-likeness (QED) is 0.424. The summed E-state index contributed by atoms with van der Waals surface area (Å²) in [5.41, 5.74) is 5.33. The van der Waals surface area contributed by atoms with Gasteiger partial charge >= 0.3 is 0 Å². The van der Waals surface area contributed by atoms with E-state index in [1.807, 2.05) is 0 Å². The van der Waals surface area contributed by atoms with Crippen molar-refractivity contribution < 1.29 is 4.79 Å². The third-order valence-corrected chi connectivity index (χ3v) is 4.75. The molecule has 0 atom stereocenters. The van der Waals surface area contributed by atoms with Crippen molar-refractivity contribution in [3.05, 3.63) is 67.6 Å². The van der Waals surface area contributed by atoms with Crippen LogP contribution in [-0.4, -0.2) is 22.6 Å².